The van der Waals surface area contributed by atoms with Gasteiger partial charge in [0.15, 0.2) is 0 Å². The molecule has 0 unspecified atom stereocenters. The van der Waals surface area contributed by atoms with Crippen molar-refractivity contribution in [2.24, 2.45) is 0 Å². The summed E-state index contributed by atoms with van der Waals surface area (Å²) in [5, 5.41) is 10.1. The number of aromatic nitrogens is 2. The first-order chi connectivity index (χ1) is 13.5. The molecule has 0 bridgehead atoms. The summed E-state index contributed by atoms with van der Waals surface area (Å²) >= 11 is 0. The molecule has 0 saturated carbocycles. The number of piperidine rings is 1. The molecule has 1 saturated heterocycles. The second kappa shape index (κ2) is 6.96. The molecule has 3 heterocycles. The van der Waals surface area contributed by atoms with E-state index in [1.807, 2.05) is 18.7 Å². The maximum absolute atomic E-state index is 13.0. The quantitative estimate of drug-likeness (QED) is 0.834. The fourth-order valence-corrected chi connectivity index (χ4v) is 4.61. The molecule has 2 aromatic rings. The van der Waals surface area contributed by atoms with Crippen LogP contribution in [0.15, 0.2) is 24.5 Å². The van der Waals surface area contributed by atoms with Crippen LogP contribution in [0.5, 0.6) is 5.75 Å². The van der Waals surface area contributed by atoms with Crippen LogP contribution < -0.4 is 0 Å². The number of nitrogens with zero attached hydrogens (tertiary/aromatic N) is 3. The Balaban J connectivity index is 1.60. The molecule has 2 aliphatic rings. The summed E-state index contributed by atoms with van der Waals surface area (Å²) in [6.45, 7) is 5.50. The molecule has 2 aliphatic heterocycles. The van der Waals surface area contributed by atoms with Crippen molar-refractivity contribution in [2.75, 3.05) is 19.6 Å². The van der Waals surface area contributed by atoms with Crippen LogP contribution in [0.3, 0.4) is 0 Å². The number of amides is 2. The van der Waals surface area contributed by atoms with Crippen LogP contribution >= 0.6 is 0 Å². The first-order valence-electron chi connectivity index (χ1n) is 9.88. The Bertz CT molecular complexity index is 912. The summed E-state index contributed by atoms with van der Waals surface area (Å²) < 4.78 is 0. The van der Waals surface area contributed by atoms with E-state index >= 15 is 0 Å². The summed E-state index contributed by atoms with van der Waals surface area (Å²) in [7, 11) is 0. The lowest BCUT2D eigenvalue weighted by atomic mass is 9.78. The molecule has 1 aromatic heterocycles. The number of phenolic OH excluding ortho intramolecular Hbond substituents is 1. The lowest BCUT2D eigenvalue weighted by Crippen LogP contribution is -2.58. The number of rotatable bonds is 2. The highest BCUT2D eigenvalue weighted by Crippen LogP contribution is 2.42. The van der Waals surface area contributed by atoms with Gasteiger partial charge >= 0.3 is 0 Å². The summed E-state index contributed by atoms with van der Waals surface area (Å²) in [6.07, 6.45) is 4.24. The third kappa shape index (κ3) is 2.85. The Morgan fingerprint density at radius 1 is 1.25 bits per heavy atom. The average molecular weight is 382 g/mol. The van der Waals surface area contributed by atoms with Crippen molar-refractivity contribution in [3.8, 4) is 5.75 Å². The van der Waals surface area contributed by atoms with Crippen molar-refractivity contribution in [2.45, 2.75) is 45.1 Å². The van der Waals surface area contributed by atoms with E-state index < -0.39 is 5.54 Å². The zero-order chi connectivity index (χ0) is 19.9. The summed E-state index contributed by atoms with van der Waals surface area (Å²) in [5.41, 5.74) is 2.86. The molecule has 2 N–H and O–H groups in total. The van der Waals surface area contributed by atoms with Crippen LogP contribution in [0.1, 0.15) is 53.5 Å². The zero-order valence-corrected chi connectivity index (χ0v) is 16.4. The molecule has 7 heteroatoms. The standard InChI is InChI=1S/C21H26N4O3/c1-3-18(27)25-9-6-16-19(23-13-22-16)21(25)7-10-24(11-8-21)20(28)15-12-14(2)4-5-17(15)26/h4-5,12-13,26H,3,6-11H2,1-2H3,(H,22,23). The number of H-pyrrole nitrogens is 1. The number of likely N-dealkylation sites (tertiary alicyclic amines) is 1. The van der Waals surface area contributed by atoms with Gasteiger partial charge in [-0.15, -0.1) is 0 Å². The topological polar surface area (TPSA) is 89.5 Å². The number of aromatic amines is 1. The lowest BCUT2D eigenvalue weighted by molar-refractivity contribution is -0.141. The second-order valence-electron chi connectivity index (χ2n) is 7.72. The smallest absolute Gasteiger partial charge is 0.257 e. The van der Waals surface area contributed by atoms with Gasteiger partial charge in [-0.3, -0.25) is 9.59 Å². The summed E-state index contributed by atoms with van der Waals surface area (Å²) in [6, 6.07) is 5.07. The number of imidazole rings is 1. The number of nitrogens with one attached hydrogen (secondary N) is 1. The number of aromatic hydroxyl groups is 1. The van der Waals surface area contributed by atoms with E-state index in [1.165, 1.54) is 0 Å². The van der Waals surface area contributed by atoms with E-state index in [9.17, 15) is 14.7 Å². The average Bonchev–Trinajstić information content (AvgIpc) is 3.20. The maximum Gasteiger partial charge on any atom is 0.257 e. The molecule has 148 valence electrons. The number of benzene rings is 1. The predicted octanol–water partition coefficient (Wildman–Crippen LogP) is 2.35. The van der Waals surface area contributed by atoms with Gasteiger partial charge in [-0.2, -0.15) is 0 Å². The number of hydrogen-bond acceptors (Lipinski definition) is 4. The lowest BCUT2D eigenvalue weighted by Gasteiger charge is -2.50. The Morgan fingerprint density at radius 3 is 2.71 bits per heavy atom. The van der Waals surface area contributed by atoms with Crippen molar-refractivity contribution >= 4 is 11.8 Å². The highest BCUT2D eigenvalue weighted by Gasteiger charge is 2.48. The normalized spacial score (nSPS) is 18.2. The third-order valence-corrected chi connectivity index (χ3v) is 6.12. The first kappa shape index (κ1) is 18.5. The third-order valence-electron chi connectivity index (χ3n) is 6.12. The molecule has 7 nitrogen and oxygen atoms in total. The van der Waals surface area contributed by atoms with Crippen molar-refractivity contribution in [1.82, 2.24) is 19.8 Å². The van der Waals surface area contributed by atoms with Gasteiger partial charge in [0.2, 0.25) is 5.91 Å². The number of phenols is 1. The Morgan fingerprint density at radius 2 is 2.00 bits per heavy atom. The largest absolute Gasteiger partial charge is 0.507 e. The van der Waals surface area contributed by atoms with Gasteiger partial charge in [0.05, 0.1) is 23.1 Å². The minimum atomic E-state index is -0.452. The fraction of sp³-hybridized carbons (Fsp3) is 0.476. The predicted molar refractivity (Wildman–Crippen MR) is 104 cm³/mol. The molecule has 0 aliphatic carbocycles. The molecular formula is C21H26N4O3. The summed E-state index contributed by atoms with van der Waals surface area (Å²) in [4.78, 5) is 37.2. The number of carbonyl (C=O) groups is 2. The first-order valence-corrected chi connectivity index (χ1v) is 9.88. The monoisotopic (exact) mass is 382 g/mol. The van der Waals surface area contributed by atoms with E-state index in [0.717, 1.165) is 23.4 Å². The molecule has 1 spiro atoms. The second-order valence-corrected chi connectivity index (χ2v) is 7.72. The molecule has 4 rings (SSSR count). The van der Waals surface area contributed by atoms with E-state index in [1.54, 1.807) is 29.4 Å². The SMILES string of the molecule is CCC(=O)N1CCc2[nH]cnc2C12CCN(C(=O)c1cc(C)ccc1O)CC2. The van der Waals surface area contributed by atoms with E-state index in [-0.39, 0.29) is 17.6 Å². The zero-order valence-electron chi connectivity index (χ0n) is 16.4. The van der Waals surface area contributed by atoms with Gasteiger partial charge in [0.1, 0.15) is 5.75 Å². The van der Waals surface area contributed by atoms with E-state index in [4.69, 9.17) is 0 Å². The minimum Gasteiger partial charge on any atom is -0.507 e. The van der Waals surface area contributed by atoms with Crippen molar-refractivity contribution in [3.63, 3.8) is 0 Å². The highest BCUT2D eigenvalue weighted by atomic mass is 16.3. The molecule has 1 aromatic carbocycles. The molecule has 28 heavy (non-hydrogen) atoms. The summed E-state index contributed by atoms with van der Waals surface area (Å²) in [5.74, 6) is -0.0295. The Hall–Kier alpha value is -2.83. The fourth-order valence-electron chi connectivity index (χ4n) is 4.61. The van der Waals surface area contributed by atoms with Gasteiger partial charge < -0.3 is 19.9 Å². The van der Waals surface area contributed by atoms with Crippen molar-refractivity contribution < 1.29 is 14.7 Å². The number of aryl methyl sites for hydroxylation is 1. The van der Waals surface area contributed by atoms with Gasteiger partial charge in [-0.25, -0.2) is 4.98 Å². The maximum atomic E-state index is 13.0. The molecular weight excluding hydrogens is 356 g/mol. The van der Waals surface area contributed by atoms with Crippen LogP contribution in [-0.4, -0.2) is 56.3 Å². The Kier molecular flexibility index (Phi) is 4.61. The number of fused-ring (bicyclic) bond motifs is 2. The molecule has 1 fully saturated rings. The van der Waals surface area contributed by atoms with E-state index in [0.29, 0.717) is 44.5 Å². The van der Waals surface area contributed by atoms with Crippen LogP contribution in [0.25, 0.3) is 0 Å². The Labute approximate surface area is 164 Å². The van der Waals surface area contributed by atoms with Crippen LogP contribution in [0, 0.1) is 6.92 Å². The van der Waals surface area contributed by atoms with Gasteiger partial charge in [-0.1, -0.05) is 18.6 Å². The van der Waals surface area contributed by atoms with Gasteiger partial charge in [0, 0.05) is 38.2 Å². The minimum absolute atomic E-state index is 0.00549. The number of hydrogen-bond donors (Lipinski definition) is 2. The van der Waals surface area contributed by atoms with Crippen LogP contribution in [-0.2, 0) is 16.8 Å². The molecule has 0 atom stereocenters. The van der Waals surface area contributed by atoms with Crippen LogP contribution in [0.4, 0.5) is 0 Å². The van der Waals surface area contributed by atoms with Gasteiger partial charge in [0.25, 0.3) is 5.91 Å². The van der Waals surface area contributed by atoms with Crippen LogP contribution in [0.2, 0.25) is 0 Å². The highest BCUT2D eigenvalue weighted by molar-refractivity contribution is 5.97. The number of carbonyl (C=O) groups excluding carboxylic acids is 2. The van der Waals surface area contributed by atoms with Gasteiger partial charge in [-0.05, 0) is 31.9 Å². The van der Waals surface area contributed by atoms with E-state index in [2.05, 4.69) is 9.97 Å². The van der Waals surface area contributed by atoms with Crippen molar-refractivity contribution in [3.05, 3.63) is 47.0 Å². The van der Waals surface area contributed by atoms with Crippen molar-refractivity contribution in [1.29, 1.82) is 0 Å². The molecule has 2 amide bonds. The molecule has 0 radical (unpaired) electrons.